The van der Waals surface area contributed by atoms with Crippen molar-refractivity contribution in [2.24, 2.45) is 7.05 Å². The Morgan fingerprint density at radius 1 is 1.50 bits per heavy atom. The number of hydrogen-bond acceptors (Lipinski definition) is 3. The molecule has 0 aliphatic rings. The zero-order valence-electron chi connectivity index (χ0n) is 9.49. The highest BCUT2D eigenvalue weighted by atomic mass is 79.9. The van der Waals surface area contributed by atoms with Gasteiger partial charge in [0.15, 0.2) is 0 Å². The van der Waals surface area contributed by atoms with Crippen LogP contribution >= 0.6 is 27.3 Å². The van der Waals surface area contributed by atoms with Gasteiger partial charge in [0.05, 0.1) is 9.83 Å². The number of thiophene rings is 1. The second-order valence-electron chi connectivity index (χ2n) is 3.80. The number of aryl methyl sites for hydroxylation is 2. The molecule has 0 bridgehead atoms. The molecule has 0 saturated heterocycles. The van der Waals surface area contributed by atoms with Crippen LogP contribution in [0.25, 0.3) is 0 Å². The van der Waals surface area contributed by atoms with Crippen LogP contribution in [0.1, 0.15) is 23.5 Å². The van der Waals surface area contributed by atoms with E-state index in [9.17, 15) is 0 Å². The summed E-state index contributed by atoms with van der Waals surface area (Å²) in [5, 5.41) is 7.77. The van der Waals surface area contributed by atoms with Crippen LogP contribution in [-0.2, 0) is 7.05 Å². The third-order valence-electron chi connectivity index (χ3n) is 2.50. The molecule has 86 valence electrons. The number of halogens is 1. The summed E-state index contributed by atoms with van der Waals surface area (Å²) in [6.45, 7) is 4.19. The molecule has 3 nitrogen and oxygen atoms in total. The minimum Gasteiger partial charge on any atom is -0.361 e. The number of nitrogens with one attached hydrogen (secondary N) is 1. The van der Waals surface area contributed by atoms with Crippen molar-refractivity contribution in [1.29, 1.82) is 0 Å². The summed E-state index contributed by atoms with van der Waals surface area (Å²) < 4.78 is 3.03. The minimum absolute atomic E-state index is 0.283. The van der Waals surface area contributed by atoms with Crippen molar-refractivity contribution in [3.8, 4) is 0 Å². The third kappa shape index (κ3) is 2.47. The van der Waals surface area contributed by atoms with Gasteiger partial charge in [-0.15, -0.1) is 11.3 Å². The smallest absolute Gasteiger partial charge is 0.148 e. The number of aromatic nitrogens is 2. The fourth-order valence-corrected chi connectivity index (χ4v) is 2.91. The van der Waals surface area contributed by atoms with Crippen LogP contribution in [0.5, 0.6) is 0 Å². The summed E-state index contributed by atoms with van der Waals surface area (Å²) >= 11 is 5.22. The van der Waals surface area contributed by atoms with Gasteiger partial charge in [0.2, 0.25) is 0 Å². The van der Waals surface area contributed by atoms with Gasteiger partial charge in [-0.3, -0.25) is 4.68 Å². The molecule has 2 aromatic rings. The average molecular weight is 300 g/mol. The third-order valence-corrected chi connectivity index (χ3v) is 4.31. The van der Waals surface area contributed by atoms with Gasteiger partial charge >= 0.3 is 0 Å². The van der Waals surface area contributed by atoms with Crippen LogP contribution < -0.4 is 5.32 Å². The molecule has 0 aliphatic carbocycles. The topological polar surface area (TPSA) is 29.9 Å². The lowest BCUT2D eigenvalue weighted by Crippen LogP contribution is -2.05. The van der Waals surface area contributed by atoms with Crippen LogP contribution in [0.15, 0.2) is 22.0 Å². The molecule has 0 fully saturated rings. The molecule has 0 amide bonds. The van der Waals surface area contributed by atoms with Crippen LogP contribution in [0.4, 0.5) is 5.82 Å². The lowest BCUT2D eigenvalue weighted by molar-refractivity contribution is 0.736. The van der Waals surface area contributed by atoms with Crippen molar-refractivity contribution in [3.05, 3.63) is 32.6 Å². The summed E-state index contributed by atoms with van der Waals surface area (Å²) in [5.74, 6) is 0.928. The summed E-state index contributed by atoms with van der Waals surface area (Å²) in [4.78, 5) is 1.30. The molecule has 0 saturated carbocycles. The monoisotopic (exact) mass is 299 g/mol. The summed E-state index contributed by atoms with van der Waals surface area (Å²) in [7, 11) is 1.95. The Labute approximate surface area is 108 Å². The largest absolute Gasteiger partial charge is 0.361 e. The molecule has 2 aromatic heterocycles. The quantitative estimate of drug-likeness (QED) is 0.936. The Balaban J connectivity index is 2.10. The van der Waals surface area contributed by atoms with Gasteiger partial charge in [-0.2, -0.15) is 5.10 Å². The maximum atomic E-state index is 4.38. The Hall–Kier alpha value is -0.810. The number of hydrogen-bond donors (Lipinski definition) is 1. The van der Waals surface area contributed by atoms with E-state index in [-0.39, 0.29) is 6.04 Å². The number of anilines is 1. The molecular formula is C11H14BrN3S. The van der Waals surface area contributed by atoms with E-state index in [1.54, 1.807) is 11.3 Å². The molecule has 0 spiro atoms. The fraction of sp³-hybridized carbons (Fsp3) is 0.364. The number of rotatable bonds is 3. The van der Waals surface area contributed by atoms with Gasteiger partial charge < -0.3 is 5.32 Å². The molecule has 2 rings (SSSR count). The van der Waals surface area contributed by atoms with Gasteiger partial charge in [0.1, 0.15) is 5.82 Å². The highest BCUT2D eigenvalue weighted by Crippen LogP contribution is 2.28. The van der Waals surface area contributed by atoms with Gasteiger partial charge in [-0.05, 0) is 41.9 Å². The lowest BCUT2D eigenvalue weighted by atomic mass is 10.3. The fourth-order valence-electron chi connectivity index (χ4n) is 1.49. The second kappa shape index (κ2) is 4.59. The Kier molecular flexibility index (Phi) is 3.35. The molecule has 1 N–H and O–H groups in total. The average Bonchev–Trinajstić information content (AvgIpc) is 2.75. The van der Waals surface area contributed by atoms with E-state index in [4.69, 9.17) is 0 Å². The molecule has 2 heterocycles. The zero-order valence-corrected chi connectivity index (χ0v) is 11.9. The first-order valence-corrected chi connectivity index (χ1v) is 6.69. The van der Waals surface area contributed by atoms with E-state index in [2.05, 4.69) is 51.5 Å². The Morgan fingerprint density at radius 2 is 2.25 bits per heavy atom. The Bertz CT molecular complexity index is 470. The summed E-state index contributed by atoms with van der Waals surface area (Å²) in [6, 6.07) is 6.54. The van der Waals surface area contributed by atoms with Crippen molar-refractivity contribution in [3.63, 3.8) is 0 Å². The SMILES string of the molecule is Cc1cc(NC(C)c2ccc(Br)s2)nn1C. The Morgan fingerprint density at radius 3 is 2.75 bits per heavy atom. The summed E-state index contributed by atoms with van der Waals surface area (Å²) in [6.07, 6.45) is 0. The molecule has 16 heavy (non-hydrogen) atoms. The van der Waals surface area contributed by atoms with E-state index in [1.165, 1.54) is 4.88 Å². The van der Waals surface area contributed by atoms with Gasteiger partial charge in [0, 0.05) is 23.7 Å². The van der Waals surface area contributed by atoms with Crippen molar-refractivity contribution >= 4 is 33.1 Å². The maximum Gasteiger partial charge on any atom is 0.148 e. The maximum absolute atomic E-state index is 4.38. The van der Waals surface area contributed by atoms with Crippen LogP contribution in [0, 0.1) is 6.92 Å². The molecule has 1 atom stereocenters. The first-order valence-electron chi connectivity index (χ1n) is 5.08. The van der Waals surface area contributed by atoms with E-state index < -0.39 is 0 Å². The minimum atomic E-state index is 0.283. The lowest BCUT2D eigenvalue weighted by Gasteiger charge is -2.10. The normalized spacial score (nSPS) is 12.8. The first-order chi connectivity index (χ1) is 7.56. The van der Waals surface area contributed by atoms with Crippen molar-refractivity contribution in [2.45, 2.75) is 19.9 Å². The van der Waals surface area contributed by atoms with Crippen LogP contribution in [0.2, 0.25) is 0 Å². The zero-order chi connectivity index (χ0) is 11.7. The summed E-state index contributed by atoms with van der Waals surface area (Å²) in [5.41, 5.74) is 1.15. The van der Waals surface area contributed by atoms with E-state index in [0.29, 0.717) is 0 Å². The highest BCUT2D eigenvalue weighted by molar-refractivity contribution is 9.11. The van der Waals surface area contributed by atoms with Crippen molar-refractivity contribution in [2.75, 3.05) is 5.32 Å². The number of nitrogens with zero attached hydrogens (tertiary/aromatic N) is 2. The second-order valence-corrected chi connectivity index (χ2v) is 6.30. The van der Waals surface area contributed by atoms with Gasteiger partial charge in [0.25, 0.3) is 0 Å². The van der Waals surface area contributed by atoms with Crippen molar-refractivity contribution in [1.82, 2.24) is 9.78 Å². The van der Waals surface area contributed by atoms with E-state index >= 15 is 0 Å². The molecule has 0 aromatic carbocycles. The molecule has 1 unspecified atom stereocenters. The standard InChI is InChI=1S/C11H14BrN3S/c1-7-6-11(14-15(7)3)13-8(2)9-4-5-10(12)16-9/h4-6,8H,1-3H3,(H,13,14). The predicted molar refractivity (Wildman–Crippen MR) is 72.0 cm³/mol. The molecule has 5 heteroatoms. The highest BCUT2D eigenvalue weighted by Gasteiger charge is 2.09. The first kappa shape index (κ1) is 11.7. The molecule has 0 radical (unpaired) electrons. The molecule has 0 aliphatic heterocycles. The van der Waals surface area contributed by atoms with Crippen molar-refractivity contribution < 1.29 is 0 Å². The van der Waals surface area contributed by atoms with Gasteiger partial charge in [-0.25, -0.2) is 0 Å². The van der Waals surface area contributed by atoms with Crippen LogP contribution in [0.3, 0.4) is 0 Å². The van der Waals surface area contributed by atoms with Crippen LogP contribution in [-0.4, -0.2) is 9.78 Å². The van der Waals surface area contributed by atoms with E-state index in [1.807, 2.05) is 18.7 Å². The predicted octanol–water partition coefficient (Wildman–Crippen LogP) is 3.73. The van der Waals surface area contributed by atoms with Gasteiger partial charge in [-0.1, -0.05) is 0 Å². The van der Waals surface area contributed by atoms with E-state index in [0.717, 1.165) is 15.3 Å². The molecular weight excluding hydrogens is 286 g/mol.